The monoisotopic (exact) mass is 338 g/mol. The topological polar surface area (TPSA) is 58.6 Å². The lowest BCUT2D eigenvalue weighted by Gasteiger charge is -2.29. The standard InChI is InChI=1S/C19H22N4O2/c24-19(16-13-15-5-1-2-6-17(15)25-14-16)23-10-4-9-22(11-12-23)18-7-3-8-20-21-18/h1-3,5-8,16H,4,9-14H2/t16-/m0/s1. The highest BCUT2D eigenvalue weighted by atomic mass is 16.5. The van der Waals surface area contributed by atoms with Crippen molar-refractivity contribution in [3.63, 3.8) is 0 Å². The van der Waals surface area contributed by atoms with E-state index in [1.165, 1.54) is 0 Å². The van der Waals surface area contributed by atoms with Crippen molar-refractivity contribution >= 4 is 11.7 Å². The van der Waals surface area contributed by atoms with E-state index in [4.69, 9.17) is 4.74 Å². The number of aromatic nitrogens is 2. The van der Waals surface area contributed by atoms with Crippen LogP contribution < -0.4 is 9.64 Å². The predicted molar refractivity (Wildman–Crippen MR) is 94.6 cm³/mol. The van der Waals surface area contributed by atoms with E-state index < -0.39 is 0 Å². The number of anilines is 1. The van der Waals surface area contributed by atoms with Gasteiger partial charge in [-0.2, -0.15) is 5.10 Å². The molecule has 6 heteroatoms. The van der Waals surface area contributed by atoms with Crippen LogP contribution in [0, 0.1) is 5.92 Å². The van der Waals surface area contributed by atoms with Crippen LogP contribution in [0.15, 0.2) is 42.6 Å². The van der Waals surface area contributed by atoms with Crippen LogP contribution >= 0.6 is 0 Å². The number of ether oxygens (including phenoxy) is 1. The summed E-state index contributed by atoms with van der Waals surface area (Å²) < 4.78 is 5.79. The Bertz CT molecular complexity index is 737. The Labute approximate surface area is 147 Å². The van der Waals surface area contributed by atoms with E-state index in [1.54, 1.807) is 6.20 Å². The van der Waals surface area contributed by atoms with Gasteiger partial charge in [-0.3, -0.25) is 4.79 Å². The Morgan fingerprint density at radius 1 is 1.08 bits per heavy atom. The molecule has 25 heavy (non-hydrogen) atoms. The third-order valence-electron chi connectivity index (χ3n) is 4.92. The van der Waals surface area contributed by atoms with Gasteiger partial charge in [0.05, 0.1) is 5.92 Å². The second-order valence-corrected chi connectivity index (χ2v) is 6.57. The fourth-order valence-electron chi connectivity index (χ4n) is 3.57. The summed E-state index contributed by atoms with van der Waals surface area (Å²) in [5.41, 5.74) is 1.13. The van der Waals surface area contributed by atoms with Crippen molar-refractivity contribution in [2.45, 2.75) is 12.8 Å². The van der Waals surface area contributed by atoms with Crippen LogP contribution in [-0.4, -0.2) is 53.8 Å². The summed E-state index contributed by atoms with van der Waals surface area (Å²) in [4.78, 5) is 17.1. The minimum atomic E-state index is -0.0852. The maximum absolute atomic E-state index is 13.0. The number of hydrogen-bond donors (Lipinski definition) is 0. The van der Waals surface area contributed by atoms with Gasteiger partial charge in [0.15, 0.2) is 5.82 Å². The fourth-order valence-corrected chi connectivity index (χ4v) is 3.57. The molecule has 6 nitrogen and oxygen atoms in total. The first-order valence-electron chi connectivity index (χ1n) is 8.83. The Morgan fingerprint density at radius 3 is 2.88 bits per heavy atom. The van der Waals surface area contributed by atoms with Gasteiger partial charge in [-0.05, 0) is 36.6 Å². The molecule has 0 radical (unpaired) electrons. The first-order valence-corrected chi connectivity index (χ1v) is 8.83. The van der Waals surface area contributed by atoms with Gasteiger partial charge in [-0.15, -0.1) is 5.10 Å². The summed E-state index contributed by atoms with van der Waals surface area (Å²) >= 11 is 0. The molecule has 0 unspecified atom stereocenters. The molecule has 0 aliphatic carbocycles. The van der Waals surface area contributed by atoms with Crippen molar-refractivity contribution in [3.05, 3.63) is 48.2 Å². The van der Waals surface area contributed by atoms with E-state index in [-0.39, 0.29) is 11.8 Å². The zero-order valence-corrected chi connectivity index (χ0v) is 14.2. The lowest BCUT2D eigenvalue weighted by Crippen LogP contribution is -2.42. The van der Waals surface area contributed by atoms with Crippen LogP contribution in [0.25, 0.3) is 0 Å². The third-order valence-corrected chi connectivity index (χ3v) is 4.92. The van der Waals surface area contributed by atoms with Crippen LogP contribution in [0.2, 0.25) is 0 Å². The fraction of sp³-hybridized carbons (Fsp3) is 0.421. The summed E-state index contributed by atoms with van der Waals surface area (Å²) in [6.45, 7) is 3.66. The molecule has 1 aromatic carbocycles. The van der Waals surface area contributed by atoms with Gasteiger partial charge in [-0.25, -0.2) is 0 Å². The molecule has 0 N–H and O–H groups in total. The molecule has 3 heterocycles. The van der Waals surface area contributed by atoms with Gasteiger partial charge >= 0.3 is 0 Å². The summed E-state index contributed by atoms with van der Waals surface area (Å²) in [6, 6.07) is 11.9. The smallest absolute Gasteiger partial charge is 0.229 e. The first-order chi connectivity index (χ1) is 12.3. The first kappa shape index (κ1) is 15.9. The average molecular weight is 338 g/mol. The predicted octanol–water partition coefficient (Wildman–Crippen LogP) is 1.77. The number of amides is 1. The Hall–Kier alpha value is -2.63. The number of carbonyl (C=O) groups excluding carboxylic acids is 1. The summed E-state index contributed by atoms with van der Waals surface area (Å²) in [6.07, 6.45) is 3.38. The number of nitrogens with zero attached hydrogens (tertiary/aromatic N) is 4. The number of carbonyl (C=O) groups is 1. The molecular weight excluding hydrogens is 316 g/mol. The molecule has 2 aliphatic heterocycles. The average Bonchev–Trinajstić information content (AvgIpc) is 2.94. The van der Waals surface area contributed by atoms with E-state index >= 15 is 0 Å². The molecule has 0 bridgehead atoms. The maximum Gasteiger partial charge on any atom is 0.229 e. The highest BCUT2D eigenvalue weighted by molar-refractivity contribution is 5.80. The number of benzene rings is 1. The van der Waals surface area contributed by atoms with Gasteiger partial charge in [-0.1, -0.05) is 18.2 Å². The van der Waals surface area contributed by atoms with Crippen LogP contribution in [0.1, 0.15) is 12.0 Å². The van der Waals surface area contributed by atoms with Crippen molar-refractivity contribution < 1.29 is 9.53 Å². The van der Waals surface area contributed by atoms with E-state index in [0.717, 1.165) is 49.6 Å². The molecule has 0 spiro atoms. The van der Waals surface area contributed by atoms with E-state index in [0.29, 0.717) is 13.2 Å². The molecule has 1 fully saturated rings. The van der Waals surface area contributed by atoms with Crippen molar-refractivity contribution in [3.8, 4) is 5.75 Å². The Kier molecular flexibility index (Phi) is 4.50. The molecule has 0 saturated carbocycles. The van der Waals surface area contributed by atoms with E-state index in [1.807, 2.05) is 41.3 Å². The van der Waals surface area contributed by atoms with Gasteiger partial charge in [0.25, 0.3) is 0 Å². The third kappa shape index (κ3) is 3.43. The number of rotatable bonds is 2. The SMILES string of the molecule is O=C([C@@H]1COc2ccccc2C1)N1CCCN(c2cccnn2)CC1. The molecular formula is C19H22N4O2. The van der Waals surface area contributed by atoms with Crippen molar-refractivity contribution in [1.29, 1.82) is 0 Å². The summed E-state index contributed by atoms with van der Waals surface area (Å²) in [5.74, 6) is 1.91. The summed E-state index contributed by atoms with van der Waals surface area (Å²) in [5, 5.41) is 8.13. The van der Waals surface area contributed by atoms with Gasteiger partial charge in [0.1, 0.15) is 12.4 Å². The molecule has 2 aromatic rings. The lowest BCUT2D eigenvalue weighted by atomic mass is 9.95. The van der Waals surface area contributed by atoms with Crippen molar-refractivity contribution in [1.82, 2.24) is 15.1 Å². The van der Waals surface area contributed by atoms with Gasteiger partial charge in [0.2, 0.25) is 5.91 Å². The molecule has 4 rings (SSSR count). The zero-order valence-electron chi connectivity index (χ0n) is 14.2. The second kappa shape index (κ2) is 7.09. The van der Waals surface area contributed by atoms with Crippen LogP contribution in [-0.2, 0) is 11.2 Å². The zero-order chi connectivity index (χ0) is 17.1. The quantitative estimate of drug-likeness (QED) is 0.835. The molecule has 1 aromatic heterocycles. The highest BCUT2D eigenvalue weighted by Crippen LogP contribution is 2.28. The molecule has 2 aliphatic rings. The van der Waals surface area contributed by atoms with E-state index in [9.17, 15) is 4.79 Å². The van der Waals surface area contributed by atoms with Gasteiger partial charge in [0, 0.05) is 32.4 Å². The molecule has 1 saturated heterocycles. The maximum atomic E-state index is 13.0. The molecule has 130 valence electrons. The minimum Gasteiger partial charge on any atom is -0.492 e. The van der Waals surface area contributed by atoms with Gasteiger partial charge < -0.3 is 14.5 Å². The van der Waals surface area contributed by atoms with Crippen molar-refractivity contribution in [2.24, 2.45) is 5.92 Å². The Balaban J connectivity index is 1.40. The van der Waals surface area contributed by atoms with Crippen LogP contribution in [0.5, 0.6) is 5.75 Å². The van der Waals surface area contributed by atoms with Crippen LogP contribution in [0.4, 0.5) is 5.82 Å². The number of para-hydroxylation sites is 1. The number of hydrogen-bond acceptors (Lipinski definition) is 5. The largest absolute Gasteiger partial charge is 0.492 e. The molecule has 1 amide bonds. The van der Waals surface area contributed by atoms with Crippen molar-refractivity contribution in [2.75, 3.05) is 37.7 Å². The highest BCUT2D eigenvalue weighted by Gasteiger charge is 2.30. The minimum absolute atomic E-state index is 0.0852. The lowest BCUT2D eigenvalue weighted by molar-refractivity contribution is -0.136. The second-order valence-electron chi connectivity index (χ2n) is 6.57. The number of fused-ring (bicyclic) bond motifs is 1. The normalized spacial score (nSPS) is 20.4. The molecule has 1 atom stereocenters. The Morgan fingerprint density at radius 2 is 2.00 bits per heavy atom. The van der Waals surface area contributed by atoms with E-state index in [2.05, 4.69) is 15.1 Å². The van der Waals surface area contributed by atoms with Crippen LogP contribution in [0.3, 0.4) is 0 Å². The summed E-state index contributed by atoms with van der Waals surface area (Å²) in [7, 11) is 0.